The Bertz CT molecular complexity index is 1060. The molecule has 4 rings (SSSR count). The molecule has 1 aromatic carbocycles. The highest BCUT2D eigenvalue weighted by Crippen LogP contribution is 2.23. The SMILES string of the molecule is CC(=O)c1cc(F)cc(N2CCOCC2)c1.Cc1cnc(C)c(-c2ccnc(C)c2)c1. The van der Waals surface area contributed by atoms with Crippen LogP contribution in [0.4, 0.5) is 10.1 Å². The van der Waals surface area contributed by atoms with E-state index in [-0.39, 0.29) is 11.6 Å². The summed E-state index contributed by atoms with van der Waals surface area (Å²) in [4.78, 5) is 21.8. The lowest BCUT2D eigenvalue weighted by molar-refractivity contribution is 0.101. The second kappa shape index (κ2) is 10.3. The summed E-state index contributed by atoms with van der Waals surface area (Å²) in [7, 11) is 0. The van der Waals surface area contributed by atoms with Crippen LogP contribution in [0.25, 0.3) is 11.1 Å². The second-order valence-corrected chi connectivity index (χ2v) is 7.69. The fraction of sp³-hybridized carbons (Fsp3) is 0.320. The van der Waals surface area contributed by atoms with E-state index in [1.807, 2.05) is 37.2 Å². The van der Waals surface area contributed by atoms with Crippen molar-refractivity contribution >= 4 is 11.5 Å². The number of anilines is 1. The zero-order chi connectivity index (χ0) is 22.4. The average Bonchev–Trinajstić information content (AvgIpc) is 2.76. The van der Waals surface area contributed by atoms with E-state index >= 15 is 0 Å². The van der Waals surface area contributed by atoms with Gasteiger partial charge in [-0.15, -0.1) is 0 Å². The van der Waals surface area contributed by atoms with E-state index in [0.29, 0.717) is 18.8 Å². The molecule has 1 fully saturated rings. The zero-order valence-electron chi connectivity index (χ0n) is 18.5. The van der Waals surface area contributed by atoms with E-state index in [9.17, 15) is 9.18 Å². The highest BCUT2D eigenvalue weighted by molar-refractivity contribution is 5.95. The molecule has 0 N–H and O–H groups in total. The van der Waals surface area contributed by atoms with Crippen molar-refractivity contribution in [2.75, 3.05) is 31.2 Å². The van der Waals surface area contributed by atoms with Crippen LogP contribution in [0.1, 0.15) is 34.2 Å². The number of aryl methyl sites for hydroxylation is 3. The van der Waals surface area contributed by atoms with Crippen molar-refractivity contribution in [3.8, 4) is 11.1 Å². The summed E-state index contributed by atoms with van der Waals surface area (Å²) in [6.07, 6.45) is 3.74. The fourth-order valence-electron chi connectivity index (χ4n) is 3.42. The van der Waals surface area contributed by atoms with Gasteiger partial charge in [-0.2, -0.15) is 0 Å². The van der Waals surface area contributed by atoms with Crippen molar-refractivity contribution < 1.29 is 13.9 Å². The molecule has 1 aliphatic heterocycles. The van der Waals surface area contributed by atoms with Gasteiger partial charge in [0.05, 0.1) is 13.2 Å². The number of hydrogen-bond acceptors (Lipinski definition) is 5. The summed E-state index contributed by atoms with van der Waals surface area (Å²) < 4.78 is 18.6. The highest BCUT2D eigenvalue weighted by atomic mass is 19.1. The molecule has 3 aromatic rings. The first-order chi connectivity index (χ1) is 14.8. The van der Waals surface area contributed by atoms with Gasteiger partial charge < -0.3 is 9.64 Å². The van der Waals surface area contributed by atoms with E-state index in [4.69, 9.17) is 4.74 Å². The zero-order valence-corrected chi connectivity index (χ0v) is 18.5. The molecule has 0 atom stereocenters. The number of benzene rings is 1. The van der Waals surface area contributed by atoms with Crippen LogP contribution in [0.2, 0.25) is 0 Å². The number of aromatic nitrogens is 2. The van der Waals surface area contributed by atoms with Crippen LogP contribution in [-0.4, -0.2) is 42.1 Å². The Morgan fingerprint density at radius 2 is 1.77 bits per heavy atom. The van der Waals surface area contributed by atoms with Crippen molar-refractivity contribution in [1.82, 2.24) is 9.97 Å². The first-order valence-corrected chi connectivity index (χ1v) is 10.3. The third-order valence-electron chi connectivity index (χ3n) is 5.10. The maximum Gasteiger partial charge on any atom is 0.159 e. The Morgan fingerprint density at radius 1 is 1.03 bits per heavy atom. The Balaban J connectivity index is 0.000000176. The molecule has 0 unspecified atom stereocenters. The Labute approximate surface area is 182 Å². The van der Waals surface area contributed by atoms with E-state index in [0.717, 1.165) is 30.2 Å². The Kier molecular flexibility index (Phi) is 7.47. The van der Waals surface area contributed by atoms with Crippen molar-refractivity contribution in [3.63, 3.8) is 0 Å². The molecule has 0 saturated carbocycles. The molecule has 0 radical (unpaired) electrons. The largest absolute Gasteiger partial charge is 0.378 e. The van der Waals surface area contributed by atoms with Gasteiger partial charge in [0, 0.05) is 53.7 Å². The number of ether oxygens (including phenoxy) is 1. The normalized spacial score (nSPS) is 13.4. The van der Waals surface area contributed by atoms with Crippen LogP contribution in [0.3, 0.4) is 0 Å². The van der Waals surface area contributed by atoms with E-state index in [1.54, 1.807) is 6.07 Å². The first-order valence-electron chi connectivity index (χ1n) is 10.3. The summed E-state index contributed by atoms with van der Waals surface area (Å²) in [5.74, 6) is -0.483. The van der Waals surface area contributed by atoms with Crippen molar-refractivity contribution in [2.24, 2.45) is 0 Å². The number of halogens is 1. The molecule has 2 aromatic heterocycles. The molecular weight excluding hydrogens is 393 g/mol. The molecule has 31 heavy (non-hydrogen) atoms. The lowest BCUT2D eigenvalue weighted by atomic mass is 10.0. The van der Waals surface area contributed by atoms with Gasteiger partial charge in [0.25, 0.3) is 0 Å². The van der Waals surface area contributed by atoms with Gasteiger partial charge >= 0.3 is 0 Å². The molecule has 0 spiro atoms. The van der Waals surface area contributed by atoms with E-state index < -0.39 is 0 Å². The molecule has 6 heteroatoms. The number of hydrogen-bond donors (Lipinski definition) is 0. The van der Waals surface area contributed by atoms with Gasteiger partial charge in [-0.3, -0.25) is 14.8 Å². The molecule has 0 aliphatic carbocycles. The topological polar surface area (TPSA) is 55.3 Å². The van der Waals surface area contributed by atoms with E-state index in [2.05, 4.69) is 29.0 Å². The molecule has 0 bridgehead atoms. The minimum absolute atomic E-state index is 0.117. The van der Waals surface area contributed by atoms with Gasteiger partial charge in [0.2, 0.25) is 0 Å². The number of rotatable bonds is 3. The van der Waals surface area contributed by atoms with Crippen molar-refractivity contribution in [2.45, 2.75) is 27.7 Å². The maximum absolute atomic E-state index is 13.3. The fourth-order valence-corrected chi connectivity index (χ4v) is 3.42. The van der Waals surface area contributed by atoms with E-state index in [1.165, 1.54) is 35.7 Å². The minimum atomic E-state index is -0.366. The van der Waals surface area contributed by atoms with Crippen LogP contribution in [0, 0.1) is 26.6 Å². The second-order valence-electron chi connectivity index (χ2n) is 7.69. The number of pyridine rings is 2. The van der Waals surface area contributed by atoms with Crippen LogP contribution >= 0.6 is 0 Å². The summed E-state index contributed by atoms with van der Waals surface area (Å²) in [6, 6.07) is 10.7. The number of morpholine rings is 1. The minimum Gasteiger partial charge on any atom is -0.378 e. The number of Topliss-reactive ketones (excluding diaryl/α,β-unsaturated/α-hetero) is 1. The number of nitrogens with zero attached hydrogens (tertiary/aromatic N) is 3. The van der Waals surface area contributed by atoms with Crippen molar-refractivity contribution in [1.29, 1.82) is 0 Å². The lowest BCUT2D eigenvalue weighted by Crippen LogP contribution is -2.36. The van der Waals surface area contributed by atoms with Gasteiger partial charge in [-0.1, -0.05) is 0 Å². The Morgan fingerprint density at radius 3 is 2.45 bits per heavy atom. The summed E-state index contributed by atoms with van der Waals surface area (Å²) in [5, 5.41) is 0. The molecule has 0 amide bonds. The van der Waals surface area contributed by atoms with Crippen LogP contribution < -0.4 is 4.90 Å². The number of carbonyl (C=O) groups excluding carboxylic acids is 1. The summed E-state index contributed by atoms with van der Waals surface area (Å²) in [5.41, 5.74) is 6.84. The smallest absolute Gasteiger partial charge is 0.159 e. The molecule has 5 nitrogen and oxygen atoms in total. The molecule has 1 aliphatic rings. The summed E-state index contributed by atoms with van der Waals surface area (Å²) in [6.45, 7) is 10.3. The van der Waals surface area contributed by atoms with Crippen LogP contribution in [0.5, 0.6) is 0 Å². The van der Waals surface area contributed by atoms with Gasteiger partial charge in [-0.05, 0) is 75.2 Å². The average molecular weight is 422 g/mol. The van der Waals surface area contributed by atoms with Crippen LogP contribution in [0.15, 0.2) is 48.8 Å². The van der Waals surface area contributed by atoms with Gasteiger partial charge in [-0.25, -0.2) is 4.39 Å². The molecule has 3 heterocycles. The number of carbonyl (C=O) groups is 1. The predicted molar refractivity (Wildman–Crippen MR) is 121 cm³/mol. The van der Waals surface area contributed by atoms with Crippen molar-refractivity contribution in [3.05, 3.63) is 77.1 Å². The number of ketones is 1. The monoisotopic (exact) mass is 421 g/mol. The highest BCUT2D eigenvalue weighted by Gasteiger charge is 2.14. The quantitative estimate of drug-likeness (QED) is 0.561. The molecule has 1 saturated heterocycles. The van der Waals surface area contributed by atoms with Gasteiger partial charge in [0.15, 0.2) is 5.78 Å². The van der Waals surface area contributed by atoms with Crippen LogP contribution in [-0.2, 0) is 4.74 Å². The van der Waals surface area contributed by atoms with Gasteiger partial charge in [0.1, 0.15) is 5.82 Å². The Hall–Kier alpha value is -3.12. The predicted octanol–water partition coefficient (Wildman–Crippen LogP) is 4.93. The molecular formula is C25H28FN3O2. The molecule has 162 valence electrons. The summed E-state index contributed by atoms with van der Waals surface area (Å²) >= 11 is 0. The third kappa shape index (κ3) is 6.18. The third-order valence-corrected chi connectivity index (χ3v) is 5.10. The first kappa shape index (κ1) is 22.6. The lowest BCUT2D eigenvalue weighted by Gasteiger charge is -2.29. The standard InChI is InChI=1S/C13H14N2.C12H14FNO2/c1-9-6-13(11(3)15-8-9)12-4-5-14-10(2)7-12;1-9(15)10-6-11(13)8-12(7-10)14-2-4-16-5-3-14/h4-8H,1-3H3;6-8H,2-5H2,1H3. The maximum atomic E-state index is 13.3.